The van der Waals surface area contributed by atoms with Gasteiger partial charge in [-0.2, -0.15) is 0 Å². The third-order valence-electron chi connectivity index (χ3n) is 3.61. The van der Waals surface area contributed by atoms with Gasteiger partial charge in [0, 0.05) is 25.7 Å². The molecule has 0 unspecified atom stereocenters. The van der Waals surface area contributed by atoms with E-state index in [0.29, 0.717) is 13.0 Å². The van der Waals surface area contributed by atoms with Crippen molar-refractivity contribution in [1.82, 2.24) is 4.72 Å². The molecule has 0 aliphatic carbocycles. The molecule has 0 spiro atoms. The van der Waals surface area contributed by atoms with Crippen molar-refractivity contribution in [3.8, 4) is 0 Å². The van der Waals surface area contributed by atoms with Gasteiger partial charge in [0.15, 0.2) is 0 Å². The highest BCUT2D eigenvalue weighted by atomic mass is 32.2. The van der Waals surface area contributed by atoms with Crippen LogP contribution in [0.25, 0.3) is 0 Å². The van der Waals surface area contributed by atoms with E-state index in [4.69, 9.17) is 0 Å². The second-order valence-electron chi connectivity index (χ2n) is 5.46. The summed E-state index contributed by atoms with van der Waals surface area (Å²) in [7, 11) is -3.37. The normalized spacial score (nSPS) is 11.2. The number of carbonyl (C=O) groups is 1. The molecule has 1 N–H and O–H groups in total. The van der Waals surface area contributed by atoms with Gasteiger partial charge in [-0.15, -0.1) is 0 Å². The largest absolute Gasteiger partial charge is 0.311 e. The molecule has 128 valence electrons. The summed E-state index contributed by atoms with van der Waals surface area (Å²) < 4.78 is 26.7. The molecular formula is C18H22N2O3S. The Balaban J connectivity index is 1.86. The minimum Gasteiger partial charge on any atom is -0.311 e. The summed E-state index contributed by atoms with van der Waals surface area (Å²) in [6.45, 7) is 1.95. The van der Waals surface area contributed by atoms with Gasteiger partial charge >= 0.3 is 0 Å². The Kier molecular flexibility index (Phi) is 6.52. The molecule has 1 amide bonds. The minimum absolute atomic E-state index is 0.0302. The molecule has 0 heterocycles. The SMILES string of the molecule is CC(=O)N(CCNS(=O)(=O)CCc1ccccc1)c1ccccc1. The molecule has 0 saturated carbocycles. The first-order valence-electron chi connectivity index (χ1n) is 7.82. The van der Waals surface area contributed by atoms with E-state index < -0.39 is 10.0 Å². The Morgan fingerprint density at radius 3 is 2.17 bits per heavy atom. The van der Waals surface area contributed by atoms with Crippen LogP contribution in [0, 0.1) is 0 Å². The van der Waals surface area contributed by atoms with Gasteiger partial charge in [-0.1, -0.05) is 48.5 Å². The fourth-order valence-corrected chi connectivity index (χ4v) is 3.41. The van der Waals surface area contributed by atoms with E-state index in [9.17, 15) is 13.2 Å². The van der Waals surface area contributed by atoms with Crippen molar-refractivity contribution in [3.63, 3.8) is 0 Å². The van der Waals surface area contributed by atoms with Crippen molar-refractivity contribution in [2.45, 2.75) is 13.3 Å². The second-order valence-corrected chi connectivity index (χ2v) is 7.38. The van der Waals surface area contributed by atoms with E-state index in [0.717, 1.165) is 11.3 Å². The number of benzene rings is 2. The van der Waals surface area contributed by atoms with E-state index >= 15 is 0 Å². The summed E-state index contributed by atoms with van der Waals surface area (Å²) in [6.07, 6.45) is 0.464. The number of sulfonamides is 1. The van der Waals surface area contributed by atoms with Gasteiger partial charge in [-0.05, 0) is 24.1 Å². The van der Waals surface area contributed by atoms with E-state index in [-0.39, 0.29) is 18.2 Å². The minimum atomic E-state index is -3.37. The van der Waals surface area contributed by atoms with Crippen LogP contribution in [0.15, 0.2) is 60.7 Å². The number of nitrogens with zero attached hydrogens (tertiary/aromatic N) is 1. The molecule has 0 bridgehead atoms. The molecule has 0 aromatic heterocycles. The fraction of sp³-hybridized carbons (Fsp3) is 0.278. The maximum absolute atomic E-state index is 12.1. The highest BCUT2D eigenvalue weighted by molar-refractivity contribution is 7.89. The van der Waals surface area contributed by atoms with Gasteiger partial charge in [0.05, 0.1) is 5.75 Å². The summed E-state index contributed by atoms with van der Waals surface area (Å²) in [6, 6.07) is 18.7. The molecule has 2 aromatic carbocycles. The number of anilines is 1. The first kappa shape index (κ1) is 18.2. The standard InChI is InChI=1S/C18H22N2O3S/c1-16(21)20(18-10-6-3-7-11-18)14-13-19-24(22,23)15-12-17-8-4-2-5-9-17/h2-11,19H,12-15H2,1H3. The highest BCUT2D eigenvalue weighted by Gasteiger charge is 2.14. The zero-order chi connectivity index (χ0) is 17.4. The predicted octanol–water partition coefficient (Wildman–Crippen LogP) is 2.20. The van der Waals surface area contributed by atoms with Crippen LogP contribution in [0.4, 0.5) is 5.69 Å². The van der Waals surface area contributed by atoms with Crippen molar-refractivity contribution >= 4 is 21.6 Å². The van der Waals surface area contributed by atoms with Crippen LogP contribution >= 0.6 is 0 Å². The molecule has 0 radical (unpaired) electrons. The third-order valence-corrected chi connectivity index (χ3v) is 4.99. The lowest BCUT2D eigenvalue weighted by atomic mass is 10.2. The van der Waals surface area contributed by atoms with E-state index in [2.05, 4.69) is 4.72 Å². The molecule has 6 heteroatoms. The van der Waals surface area contributed by atoms with Crippen LogP contribution in [0.2, 0.25) is 0 Å². The first-order chi connectivity index (χ1) is 11.5. The van der Waals surface area contributed by atoms with Gasteiger partial charge in [0.2, 0.25) is 15.9 Å². The van der Waals surface area contributed by atoms with Crippen molar-refractivity contribution in [2.75, 3.05) is 23.7 Å². The van der Waals surface area contributed by atoms with Crippen LogP contribution in [0.3, 0.4) is 0 Å². The molecule has 0 saturated heterocycles. The fourth-order valence-electron chi connectivity index (χ4n) is 2.36. The molecule has 5 nitrogen and oxygen atoms in total. The van der Waals surface area contributed by atoms with Crippen LogP contribution in [0.1, 0.15) is 12.5 Å². The lowest BCUT2D eigenvalue weighted by Crippen LogP contribution is -2.38. The van der Waals surface area contributed by atoms with Crippen molar-refractivity contribution in [2.24, 2.45) is 0 Å². The topological polar surface area (TPSA) is 66.5 Å². The summed E-state index contributed by atoms with van der Waals surface area (Å²) in [4.78, 5) is 13.3. The van der Waals surface area contributed by atoms with Gasteiger partial charge < -0.3 is 4.90 Å². The highest BCUT2D eigenvalue weighted by Crippen LogP contribution is 2.12. The first-order valence-corrected chi connectivity index (χ1v) is 9.47. The van der Waals surface area contributed by atoms with E-state index in [1.165, 1.54) is 6.92 Å². The number of rotatable bonds is 8. The zero-order valence-electron chi connectivity index (χ0n) is 13.7. The summed E-state index contributed by atoms with van der Waals surface area (Å²) in [5.74, 6) is -0.0905. The zero-order valence-corrected chi connectivity index (χ0v) is 14.5. The molecule has 0 fully saturated rings. The number of carbonyl (C=O) groups excluding carboxylic acids is 1. The van der Waals surface area contributed by atoms with E-state index in [1.807, 2.05) is 60.7 Å². The maximum Gasteiger partial charge on any atom is 0.223 e. The van der Waals surface area contributed by atoms with E-state index in [1.54, 1.807) is 4.90 Å². The third kappa shape index (κ3) is 5.79. The Morgan fingerprint density at radius 2 is 1.58 bits per heavy atom. The molecule has 0 aliphatic rings. The smallest absolute Gasteiger partial charge is 0.223 e. The molecule has 2 aromatic rings. The Hall–Kier alpha value is -2.18. The second kappa shape index (κ2) is 8.61. The molecule has 2 rings (SSSR count). The molecular weight excluding hydrogens is 324 g/mol. The molecule has 0 atom stereocenters. The van der Waals surface area contributed by atoms with Gasteiger partial charge in [-0.3, -0.25) is 4.79 Å². The number of aryl methyl sites for hydroxylation is 1. The van der Waals surface area contributed by atoms with Crippen molar-refractivity contribution in [1.29, 1.82) is 0 Å². The lowest BCUT2D eigenvalue weighted by Gasteiger charge is -2.21. The van der Waals surface area contributed by atoms with Crippen molar-refractivity contribution in [3.05, 3.63) is 66.2 Å². The van der Waals surface area contributed by atoms with Crippen LogP contribution in [-0.2, 0) is 21.2 Å². The van der Waals surface area contributed by atoms with Gasteiger partial charge in [0.25, 0.3) is 0 Å². The Morgan fingerprint density at radius 1 is 1.00 bits per heavy atom. The number of para-hydroxylation sites is 1. The predicted molar refractivity (Wildman–Crippen MR) is 96.4 cm³/mol. The van der Waals surface area contributed by atoms with Crippen molar-refractivity contribution < 1.29 is 13.2 Å². The maximum atomic E-state index is 12.1. The van der Waals surface area contributed by atoms with Crippen LogP contribution < -0.4 is 9.62 Å². The monoisotopic (exact) mass is 346 g/mol. The summed E-state index contributed by atoms with van der Waals surface area (Å²) in [5, 5.41) is 0. The average molecular weight is 346 g/mol. The lowest BCUT2D eigenvalue weighted by molar-refractivity contribution is -0.116. The molecule has 0 aliphatic heterocycles. The number of amides is 1. The molecule has 24 heavy (non-hydrogen) atoms. The number of hydrogen-bond acceptors (Lipinski definition) is 3. The van der Waals surface area contributed by atoms with Gasteiger partial charge in [-0.25, -0.2) is 13.1 Å². The Labute approximate surface area is 143 Å². The van der Waals surface area contributed by atoms with Gasteiger partial charge in [0.1, 0.15) is 0 Å². The Bertz CT molecular complexity index is 746. The quantitative estimate of drug-likeness (QED) is 0.797. The van der Waals surface area contributed by atoms with Crippen LogP contribution in [-0.4, -0.2) is 33.2 Å². The summed E-state index contributed by atoms with van der Waals surface area (Å²) in [5.41, 5.74) is 1.74. The number of hydrogen-bond donors (Lipinski definition) is 1. The van der Waals surface area contributed by atoms with Crippen LogP contribution in [0.5, 0.6) is 0 Å². The average Bonchev–Trinajstić information content (AvgIpc) is 2.58. The summed E-state index contributed by atoms with van der Waals surface area (Å²) >= 11 is 0. The number of nitrogens with one attached hydrogen (secondary N) is 1.